The van der Waals surface area contributed by atoms with Crippen molar-refractivity contribution in [2.45, 2.75) is 6.42 Å². The number of nitrogen functional groups attached to an aromatic ring is 1. The van der Waals surface area contributed by atoms with E-state index in [-0.39, 0.29) is 0 Å². The number of hydrogen-bond donors (Lipinski definition) is 1. The Kier molecular flexibility index (Phi) is 5.32. The predicted molar refractivity (Wildman–Crippen MR) is 85.6 cm³/mol. The van der Waals surface area contributed by atoms with Crippen molar-refractivity contribution in [1.82, 2.24) is 0 Å². The third-order valence-electron chi connectivity index (χ3n) is 2.55. The van der Waals surface area contributed by atoms with Gasteiger partial charge in [-0.1, -0.05) is 12.1 Å². The van der Waals surface area contributed by atoms with E-state index in [1.807, 2.05) is 48.5 Å². The number of hydrogen-bond acceptors (Lipinski definition) is 3. The second-order valence-corrected chi connectivity index (χ2v) is 5.29. The average Bonchev–Trinajstić information content (AvgIpc) is 2.42. The molecular weight excluding hydrogens is 353 g/mol. The quantitative estimate of drug-likeness (QED) is 0.480. The molecule has 2 aromatic rings. The lowest BCUT2D eigenvalue weighted by molar-refractivity contribution is 0.248. The number of benzene rings is 2. The van der Waals surface area contributed by atoms with E-state index in [1.54, 1.807) is 0 Å². The highest BCUT2D eigenvalue weighted by Crippen LogP contribution is 2.19. The van der Waals surface area contributed by atoms with Crippen LogP contribution in [0, 0.1) is 3.57 Å². The van der Waals surface area contributed by atoms with E-state index >= 15 is 0 Å². The molecule has 100 valence electrons. The Bertz CT molecular complexity index is 514. The highest BCUT2D eigenvalue weighted by atomic mass is 127. The van der Waals surface area contributed by atoms with Crippen LogP contribution in [0.2, 0.25) is 0 Å². The molecule has 3 nitrogen and oxygen atoms in total. The van der Waals surface area contributed by atoms with E-state index in [1.165, 1.54) is 3.57 Å². The molecule has 0 radical (unpaired) electrons. The molecular formula is C15H16INO2. The summed E-state index contributed by atoms with van der Waals surface area (Å²) in [4.78, 5) is 0. The van der Waals surface area contributed by atoms with Crippen LogP contribution >= 0.6 is 22.6 Å². The summed E-state index contributed by atoms with van der Waals surface area (Å²) in [5.74, 6) is 1.62. The second-order valence-electron chi connectivity index (χ2n) is 4.04. The molecule has 4 heteroatoms. The highest BCUT2D eigenvalue weighted by Gasteiger charge is 1.98. The molecule has 0 unspecified atom stereocenters. The van der Waals surface area contributed by atoms with Crippen LogP contribution in [0.1, 0.15) is 6.42 Å². The minimum atomic E-state index is 0.596. The van der Waals surface area contributed by atoms with Crippen LogP contribution in [0.3, 0.4) is 0 Å². The highest BCUT2D eigenvalue weighted by molar-refractivity contribution is 14.1. The summed E-state index contributed by atoms with van der Waals surface area (Å²) >= 11 is 2.27. The lowest BCUT2D eigenvalue weighted by Crippen LogP contribution is -2.06. The molecule has 0 amide bonds. The van der Waals surface area contributed by atoms with Gasteiger partial charge in [0, 0.05) is 9.99 Å². The van der Waals surface area contributed by atoms with E-state index in [9.17, 15) is 0 Å². The van der Waals surface area contributed by atoms with E-state index < -0.39 is 0 Å². The summed E-state index contributed by atoms with van der Waals surface area (Å²) in [5.41, 5.74) is 6.45. The van der Waals surface area contributed by atoms with Gasteiger partial charge in [0.25, 0.3) is 0 Å². The zero-order valence-corrected chi connectivity index (χ0v) is 12.7. The first-order valence-corrected chi connectivity index (χ1v) is 7.19. The molecule has 0 aromatic heterocycles. The minimum absolute atomic E-state index is 0.596. The van der Waals surface area contributed by atoms with Crippen LogP contribution in [-0.2, 0) is 0 Å². The van der Waals surface area contributed by atoms with Crippen LogP contribution in [0.4, 0.5) is 5.69 Å². The van der Waals surface area contributed by atoms with E-state index in [4.69, 9.17) is 15.2 Å². The monoisotopic (exact) mass is 369 g/mol. The van der Waals surface area contributed by atoms with Gasteiger partial charge in [0.2, 0.25) is 0 Å². The molecule has 0 saturated heterocycles. The third-order valence-corrected chi connectivity index (χ3v) is 3.27. The number of rotatable bonds is 6. The fourth-order valence-corrected chi connectivity index (χ4v) is 1.93. The summed E-state index contributed by atoms with van der Waals surface area (Å²) in [6.07, 6.45) is 0.820. The number of halogens is 1. The van der Waals surface area contributed by atoms with Gasteiger partial charge in [0.05, 0.1) is 18.9 Å². The van der Waals surface area contributed by atoms with Crippen LogP contribution in [0.25, 0.3) is 0 Å². The Hall–Kier alpha value is -1.43. The first-order valence-electron chi connectivity index (χ1n) is 6.11. The van der Waals surface area contributed by atoms with Crippen LogP contribution in [0.15, 0.2) is 48.5 Å². The minimum Gasteiger partial charge on any atom is -0.493 e. The Morgan fingerprint density at radius 3 is 2.32 bits per heavy atom. The van der Waals surface area contributed by atoms with Gasteiger partial charge in [0.15, 0.2) is 0 Å². The molecule has 0 fully saturated rings. The van der Waals surface area contributed by atoms with E-state index in [0.717, 1.165) is 17.9 Å². The molecule has 2 N–H and O–H groups in total. The predicted octanol–water partition coefficient (Wildman–Crippen LogP) is 3.72. The molecule has 0 aliphatic heterocycles. The molecule has 0 atom stereocenters. The second kappa shape index (κ2) is 7.23. The van der Waals surface area contributed by atoms with Crippen molar-refractivity contribution in [3.63, 3.8) is 0 Å². The van der Waals surface area contributed by atoms with E-state index in [2.05, 4.69) is 22.6 Å². The van der Waals surface area contributed by atoms with Crippen molar-refractivity contribution in [3.8, 4) is 11.5 Å². The fraction of sp³-hybridized carbons (Fsp3) is 0.200. The number of ether oxygens (including phenoxy) is 2. The summed E-state index contributed by atoms with van der Waals surface area (Å²) < 4.78 is 12.4. The lowest BCUT2D eigenvalue weighted by atomic mass is 10.3. The summed E-state index contributed by atoms with van der Waals surface area (Å²) in [5, 5.41) is 0. The number of para-hydroxylation sites is 2. The normalized spacial score (nSPS) is 10.2. The maximum Gasteiger partial charge on any atom is 0.142 e. The third kappa shape index (κ3) is 4.63. The van der Waals surface area contributed by atoms with E-state index in [0.29, 0.717) is 18.9 Å². The van der Waals surface area contributed by atoms with Crippen LogP contribution < -0.4 is 15.2 Å². The molecule has 2 aromatic carbocycles. The Morgan fingerprint density at radius 1 is 0.895 bits per heavy atom. The Morgan fingerprint density at radius 2 is 1.58 bits per heavy atom. The van der Waals surface area contributed by atoms with Crippen LogP contribution in [0.5, 0.6) is 11.5 Å². The van der Waals surface area contributed by atoms with Gasteiger partial charge >= 0.3 is 0 Å². The lowest BCUT2D eigenvalue weighted by Gasteiger charge is -2.09. The van der Waals surface area contributed by atoms with Crippen molar-refractivity contribution in [1.29, 1.82) is 0 Å². The van der Waals surface area contributed by atoms with Crippen molar-refractivity contribution >= 4 is 28.3 Å². The molecule has 0 saturated carbocycles. The summed E-state index contributed by atoms with van der Waals surface area (Å²) in [6, 6.07) is 15.5. The first kappa shape index (κ1) is 14.0. The topological polar surface area (TPSA) is 44.5 Å². The maximum atomic E-state index is 5.78. The smallest absolute Gasteiger partial charge is 0.142 e. The SMILES string of the molecule is Nc1ccccc1OCCCOc1ccc(I)cc1. The average molecular weight is 369 g/mol. The molecule has 19 heavy (non-hydrogen) atoms. The Balaban J connectivity index is 1.67. The zero-order valence-electron chi connectivity index (χ0n) is 10.5. The van der Waals surface area contributed by atoms with Gasteiger partial charge in [0.1, 0.15) is 11.5 Å². The van der Waals surface area contributed by atoms with Gasteiger partial charge in [-0.15, -0.1) is 0 Å². The largest absolute Gasteiger partial charge is 0.493 e. The van der Waals surface area contributed by atoms with Crippen molar-refractivity contribution in [2.24, 2.45) is 0 Å². The first-order chi connectivity index (χ1) is 9.25. The van der Waals surface area contributed by atoms with Crippen molar-refractivity contribution in [3.05, 3.63) is 52.1 Å². The van der Waals surface area contributed by atoms with Crippen molar-refractivity contribution < 1.29 is 9.47 Å². The number of nitrogens with two attached hydrogens (primary N) is 1. The van der Waals surface area contributed by atoms with Gasteiger partial charge in [-0.25, -0.2) is 0 Å². The van der Waals surface area contributed by atoms with Gasteiger partial charge < -0.3 is 15.2 Å². The number of anilines is 1. The summed E-state index contributed by atoms with van der Waals surface area (Å²) in [6.45, 7) is 1.23. The molecule has 2 rings (SSSR count). The molecule has 0 bridgehead atoms. The van der Waals surface area contributed by atoms with Crippen LogP contribution in [-0.4, -0.2) is 13.2 Å². The molecule has 0 aliphatic rings. The van der Waals surface area contributed by atoms with Gasteiger partial charge in [-0.2, -0.15) is 0 Å². The molecule has 0 spiro atoms. The standard InChI is InChI=1S/C15H16INO2/c16-12-6-8-13(9-7-12)18-10-3-11-19-15-5-2-1-4-14(15)17/h1-2,4-9H,3,10-11,17H2. The zero-order chi connectivity index (χ0) is 13.5. The maximum absolute atomic E-state index is 5.78. The van der Waals surface area contributed by atoms with Gasteiger partial charge in [-0.3, -0.25) is 0 Å². The fourth-order valence-electron chi connectivity index (χ4n) is 1.57. The van der Waals surface area contributed by atoms with Crippen molar-refractivity contribution in [2.75, 3.05) is 18.9 Å². The molecule has 0 heterocycles. The molecule has 0 aliphatic carbocycles. The summed E-state index contributed by atoms with van der Waals surface area (Å²) in [7, 11) is 0. The van der Waals surface area contributed by atoms with Gasteiger partial charge in [-0.05, 0) is 59.0 Å². The Labute approximate surface area is 126 Å².